The molecule has 0 bridgehead atoms. The van der Waals surface area contributed by atoms with E-state index in [1.54, 1.807) is 18.3 Å². The summed E-state index contributed by atoms with van der Waals surface area (Å²) in [4.78, 5) is 20.1. The van der Waals surface area contributed by atoms with Crippen LogP contribution < -0.4 is 15.1 Å². The first-order valence-electron chi connectivity index (χ1n) is 11.2. The van der Waals surface area contributed by atoms with Crippen LogP contribution in [0, 0.1) is 0 Å². The molecule has 1 fully saturated rings. The van der Waals surface area contributed by atoms with Crippen LogP contribution in [-0.4, -0.2) is 39.8 Å². The Balaban J connectivity index is 1.62. The van der Waals surface area contributed by atoms with Crippen molar-refractivity contribution < 1.29 is 9.90 Å². The van der Waals surface area contributed by atoms with Crippen molar-refractivity contribution in [2.24, 2.45) is 0 Å². The zero-order chi connectivity index (χ0) is 24.5. The monoisotopic (exact) mass is 483 g/mol. The topological polar surface area (TPSA) is 73.6 Å². The lowest BCUT2D eigenvalue weighted by Crippen LogP contribution is -2.30. The Labute approximate surface area is 209 Å². The second kappa shape index (κ2) is 9.23. The van der Waals surface area contributed by atoms with Crippen molar-refractivity contribution >= 4 is 34.7 Å². The number of aromatic carboxylic acids is 1. The van der Waals surface area contributed by atoms with Gasteiger partial charge >= 0.3 is 5.97 Å². The van der Waals surface area contributed by atoms with E-state index < -0.39 is 5.97 Å². The fourth-order valence-corrected chi connectivity index (χ4v) is 4.83. The van der Waals surface area contributed by atoms with Crippen molar-refractivity contribution in [1.29, 1.82) is 0 Å². The number of carboxylic acids is 1. The fourth-order valence-electron chi connectivity index (χ4n) is 4.48. The fraction of sp³-hybridized carbons (Fsp3) is 0.148. The molecule has 35 heavy (non-hydrogen) atoms. The summed E-state index contributed by atoms with van der Waals surface area (Å²) < 4.78 is 2.07. The number of rotatable bonds is 6. The third-order valence-electron chi connectivity index (χ3n) is 6.22. The quantitative estimate of drug-likeness (QED) is 0.381. The third-order valence-corrected chi connectivity index (χ3v) is 6.53. The molecule has 0 saturated carbocycles. The third kappa shape index (κ3) is 4.24. The smallest absolute Gasteiger partial charge is 0.335 e. The molecular weight excluding hydrogens is 458 g/mol. The van der Waals surface area contributed by atoms with E-state index in [1.165, 1.54) is 0 Å². The molecule has 1 aliphatic heterocycles. The van der Waals surface area contributed by atoms with Gasteiger partial charge in [0.25, 0.3) is 0 Å². The number of nitrogens with one attached hydrogen (secondary N) is 1. The highest BCUT2D eigenvalue weighted by Gasteiger charge is 2.42. The lowest BCUT2D eigenvalue weighted by Gasteiger charge is -2.29. The number of nitrogens with zero attached hydrogens (tertiary/aromatic N) is 4. The van der Waals surface area contributed by atoms with Crippen molar-refractivity contribution in [3.8, 4) is 5.69 Å². The van der Waals surface area contributed by atoms with Gasteiger partial charge in [-0.1, -0.05) is 6.07 Å². The summed E-state index contributed by atoms with van der Waals surface area (Å²) in [5.41, 5.74) is 5.10. The molecular formula is C27H25N5O2S. The zero-order valence-electron chi connectivity index (χ0n) is 19.4. The number of anilines is 2. The van der Waals surface area contributed by atoms with Crippen LogP contribution in [-0.2, 0) is 0 Å². The highest BCUT2D eigenvalue weighted by atomic mass is 32.1. The van der Waals surface area contributed by atoms with E-state index in [-0.39, 0.29) is 17.6 Å². The van der Waals surface area contributed by atoms with E-state index in [4.69, 9.17) is 12.2 Å². The van der Waals surface area contributed by atoms with Crippen LogP contribution in [0.4, 0.5) is 11.4 Å². The van der Waals surface area contributed by atoms with E-state index in [1.807, 2.05) is 56.7 Å². The van der Waals surface area contributed by atoms with Gasteiger partial charge in [-0.2, -0.15) is 0 Å². The Hall–Kier alpha value is -4.17. The van der Waals surface area contributed by atoms with Gasteiger partial charge < -0.3 is 24.8 Å². The molecule has 0 aliphatic carbocycles. The van der Waals surface area contributed by atoms with E-state index in [2.05, 4.69) is 55.0 Å². The van der Waals surface area contributed by atoms with Gasteiger partial charge in [-0.25, -0.2) is 4.79 Å². The number of aromatic nitrogens is 2. The lowest BCUT2D eigenvalue weighted by atomic mass is 10.0. The first kappa shape index (κ1) is 22.6. The number of hydrogen-bond acceptors (Lipinski definition) is 4. The molecule has 7 nitrogen and oxygen atoms in total. The molecule has 2 aromatic heterocycles. The molecule has 1 saturated heterocycles. The molecule has 4 aromatic rings. The van der Waals surface area contributed by atoms with Gasteiger partial charge in [-0.15, -0.1) is 0 Å². The molecule has 1 aliphatic rings. The molecule has 3 heterocycles. The Morgan fingerprint density at radius 1 is 0.971 bits per heavy atom. The maximum Gasteiger partial charge on any atom is 0.335 e. The van der Waals surface area contributed by atoms with Crippen molar-refractivity contribution in [2.45, 2.75) is 12.1 Å². The summed E-state index contributed by atoms with van der Waals surface area (Å²) in [6, 6.07) is 24.8. The number of pyridine rings is 1. The first-order valence-corrected chi connectivity index (χ1v) is 11.6. The molecule has 0 spiro atoms. The van der Waals surface area contributed by atoms with E-state index in [0.717, 1.165) is 28.5 Å². The Kier molecular flexibility index (Phi) is 5.96. The summed E-state index contributed by atoms with van der Waals surface area (Å²) in [6.45, 7) is 0. The SMILES string of the molecule is CN(C)c1ccc(N2C(=S)N[C@@H](c3ccccn3)[C@@H]2c2cccn2-c2ccc(C(=O)O)cc2)cc1. The van der Waals surface area contributed by atoms with Crippen molar-refractivity contribution in [2.75, 3.05) is 23.9 Å². The number of carbonyl (C=O) groups is 1. The largest absolute Gasteiger partial charge is 0.478 e. The predicted molar refractivity (Wildman–Crippen MR) is 141 cm³/mol. The Morgan fingerprint density at radius 2 is 1.69 bits per heavy atom. The molecule has 8 heteroatoms. The van der Waals surface area contributed by atoms with E-state index >= 15 is 0 Å². The van der Waals surface area contributed by atoms with Crippen LogP contribution >= 0.6 is 12.2 Å². The highest BCUT2D eigenvalue weighted by molar-refractivity contribution is 7.80. The van der Waals surface area contributed by atoms with Crippen LogP contribution in [0.2, 0.25) is 0 Å². The van der Waals surface area contributed by atoms with Crippen LogP contribution in [0.3, 0.4) is 0 Å². The molecule has 0 unspecified atom stereocenters. The minimum Gasteiger partial charge on any atom is -0.478 e. The molecule has 2 atom stereocenters. The molecule has 176 valence electrons. The Morgan fingerprint density at radius 3 is 2.31 bits per heavy atom. The molecule has 0 radical (unpaired) electrons. The zero-order valence-corrected chi connectivity index (χ0v) is 20.2. The summed E-state index contributed by atoms with van der Waals surface area (Å²) in [7, 11) is 4.03. The van der Waals surface area contributed by atoms with Gasteiger partial charge in [-0.3, -0.25) is 4.98 Å². The van der Waals surface area contributed by atoms with Crippen molar-refractivity contribution in [3.05, 3.63) is 108 Å². The Bertz CT molecular complexity index is 1350. The number of benzene rings is 2. The highest BCUT2D eigenvalue weighted by Crippen LogP contribution is 2.42. The molecule has 2 aromatic carbocycles. The summed E-state index contributed by atoms with van der Waals surface area (Å²) in [6.07, 6.45) is 3.77. The average Bonchev–Trinajstić information content (AvgIpc) is 3.49. The summed E-state index contributed by atoms with van der Waals surface area (Å²) >= 11 is 5.84. The van der Waals surface area contributed by atoms with Gasteiger partial charge in [0.05, 0.1) is 17.3 Å². The number of carboxylic acid groups (broad SMARTS) is 1. The van der Waals surface area contributed by atoms with Crippen LogP contribution in [0.15, 0.2) is 91.3 Å². The van der Waals surface area contributed by atoms with E-state index in [0.29, 0.717) is 5.11 Å². The normalized spacial score (nSPS) is 17.3. The molecule has 2 N–H and O–H groups in total. The van der Waals surface area contributed by atoms with Gasteiger partial charge in [0.1, 0.15) is 6.04 Å². The van der Waals surface area contributed by atoms with Gasteiger partial charge in [-0.05, 0) is 85.0 Å². The van der Waals surface area contributed by atoms with Crippen molar-refractivity contribution in [1.82, 2.24) is 14.9 Å². The van der Waals surface area contributed by atoms with Crippen LogP contribution in [0.5, 0.6) is 0 Å². The predicted octanol–water partition coefficient (Wildman–Crippen LogP) is 4.81. The summed E-state index contributed by atoms with van der Waals surface area (Å²) in [5, 5.41) is 13.4. The second-order valence-electron chi connectivity index (χ2n) is 8.56. The molecule has 0 amide bonds. The average molecular weight is 484 g/mol. The second-order valence-corrected chi connectivity index (χ2v) is 8.95. The lowest BCUT2D eigenvalue weighted by molar-refractivity contribution is 0.0697. The standard InChI is InChI=1S/C27H25N5O2S/c1-30(2)19-12-14-21(15-13-19)32-25(24(29-27(32)35)22-6-3-4-16-28-22)23-7-5-17-31(23)20-10-8-18(9-11-20)26(33)34/h3-17,24-25H,1-2H3,(H,29,35)(H,33,34)/t24-,25-/m0/s1. The minimum absolute atomic E-state index is 0.177. The van der Waals surface area contributed by atoms with Gasteiger partial charge in [0, 0.05) is 49.2 Å². The van der Waals surface area contributed by atoms with E-state index in [9.17, 15) is 9.90 Å². The van der Waals surface area contributed by atoms with Gasteiger partial charge in [0.2, 0.25) is 0 Å². The number of hydrogen-bond donors (Lipinski definition) is 2. The molecule has 5 rings (SSSR count). The minimum atomic E-state index is -0.947. The first-order chi connectivity index (χ1) is 16.9. The maximum absolute atomic E-state index is 11.3. The van der Waals surface area contributed by atoms with Crippen LogP contribution in [0.25, 0.3) is 5.69 Å². The maximum atomic E-state index is 11.3. The van der Waals surface area contributed by atoms with Gasteiger partial charge in [0.15, 0.2) is 5.11 Å². The van der Waals surface area contributed by atoms with Crippen LogP contribution in [0.1, 0.15) is 33.8 Å². The van der Waals surface area contributed by atoms with Crippen molar-refractivity contribution in [3.63, 3.8) is 0 Å². The number of thiocarbonyl (C=S) groups is 1. The summed E-state index contributed by atoms with van der Waals surface area (Å²) in [5.74, 6) is -0.947.